The van der Waals surface area contributed by atoms with Gasteiger partial charge in [-0.25, -0.2) is 4.39 Å². The number of amides is 1. The van der Waals surface area contributed by atoms with Crippen LogP contribution in [-0.4, -0.2) is 12.5 Å². The Balaban J connectivity index is 1.88. The van der Waals surface area contributed by atoms with Crippen LogP contribution in [0, 0.1) is 28.5 Å². The third-order valence-corrected chi connectivity index (χ3v) is 5.36. The van der Waals surface area contributed by atoms with E-state index in [1.54, 1.807) is 36.4 Å². The van der Waals surface area contributed by atoms with E-state index in [-0.39, 0.29) is 17.9 Å². The van der Waals surface area contributed by atoms with Gasteiger partial charge in [-0.15, -0.1) is 0 Å². The zero-order valence-electron chi connectivity index (χ0n) is 18.1. The third-order valence-electron chi connectivity index (χ3n) is 4.67. The number of ether oxygens (including phenoxy) is 2. The van der Waals surface area contributed by atoms with Gasteiger partial charge in [0, 0.05) is 10.0 Å². The lowest BCUT2D eigenvalue weighted by Crippen LogP contribution is -2.14. The molecule has 3 aromatic rings. The summed E-state index contributed by atoms with van der Waals surface area (Å²) in [6, 6.07) is 20.1. The normalized spacial score (nSPS) is 10.7. The van der Waals surface area contributed by atoms with Crippen molar-refractivity contribution in [3.8, 4) is 23.6 Å². The first-order valence-corrected chi connectivity index (χ1v) is 11.0. The zero-order chi connectivity index (χ0) is 24.5. The lowest BCUT2D eigenvalue weighted by molar-refractivity contribution is -0.112. The van der Waals surface area contributed by atoms with Gasteiger partial charge in [0.1, 0.15) is 24.1 Å². The molecule has 0 aliphatic carbocycles. The number of nitriles is 2. The Labute approximate surface area is 205 Å². The average Bonchev–Trinajstić information content (AvgIpc) is 2.84. The van der Waals surface area contributed by atoms with Gasteiger partial charge in [0.2, 0.25) is 0 Å². The number of nitrogens with one attached hydrogen (secondary N) is 1. The molecular weight excluding hydrogens is 501 g/mol. The fourth-order valence-corrected chi connectivity index (χ4v) is 3.45. The van der Waals surface area contributed by atoms with Gasteiger partial charge < -0.3 is 14.8 Å². The van der Waals surface area contributed by atoms with Crippen LogP contribution in [-0.2, 0) is 11.4 Å². The van der Waals surface area contributed by atoms with Gasteiger partial charge in [0.15, 0.2) is 11.5 Å². The van der Waals surface area contributed by atoms with Crippen LogP contribution in [0.5, 0.6) is 11.5 Å². The molecule has 0 heterocycles. The molecular formula is C26H19BrFN3O3. The molecule has 0 fully saturated rings. The van der Waals surface area contributed by atoms with E-state index >= 15 is 0 Å². The summed E-state index contributed by atoms with van der Waals surface area (Å²) < 4.78 is 26.0. The Kier molecular flexibility index (Phi) is 8.39. The number of halogens is 2. The second-order valence-corrected chi connectivity index (χ2v) is 7.77. The zero-order valence-corrected chi connectivity index (χ0v) is 19.7. The van der Waals surface area contributed by atoms with Crippen molar-refractivity contribution in [1.82, 2.24) is 0 Å². The van der Waals surface area contributed by atoms with Gasteiger partial charge in [0.05, 0.1) is 23.9 Å². The summed E-state index contributed by atoms with van der Waals surface area (Å²) >= 11 is 3.44. The summed E-state index contributed by atoms with van der Waals surface area (Å²) in [5.41, 5.74) is 1.49. The number of benzene rings is 3. The molecule has 8 heteroatoms. The second-order valence-electron chi connectivity index (χ2n) is 6.91. The van der Waals surface area contributed by atoms with E-state index in [1.165, 1.54) is 24.3 Å². The van der Waals surface area contributed by atoms with Crippen molar-refractivity contribution in [2.24, 2.45) is 0 Å². The molecule has 0 spiro atoms. The first-order chi connectivity index (χ1) is 16.5. The molecule has 0 aliphatic rings. The van der Waals surface area contributed by atoms with Crippen molar-refractivity contribution in [1.29, 1.82) is 10.5 Å². The molecule has 0 aromatic heterocycles. The molecule has 0 aliphatic heterocycles. The van der Waals surface area contributed by atoms with E-state index in [2.05, 4.69) is 27.3 Å². The van der Waals surface area contributed by atoms with Crippen LogP contribution in [0.3, 0.4) is 0 Å². The SMILES string of the molecule is CCOc1cc(/C=C(/C#N)C(=O)Nc2ccccc2F)c(Br)cc1OCc1ccccc1C#N. The van der Waals surface area contributed by atoms with E-state index in [4.69, 9.17) is 9.47 Å². The van der Waals surface area contributed by atoms with Gasteiger partial charge in [-0.3, -0.25) is 4.79 Å². The van der Waals surface area contributed by atoms with Crippen LogP contribution in [0.15, 0.2) is 70.7 Å². The first kappa shape index (κ1) is 24.5. The molecule has 0 unspecified atom stereocenters. The highest BCUT2D eigenvalue weighted by Gasteiger charge is 2.15. The van der Waals surface area contributed by atoms with E-state index < -0.39 is 11.7 Å². The predicted molar refractivity (Wildman–Crippen MR) is 129 cm³/mol. The minimum atomic E-state index is -0.745. The van der Waals surface area contributed by atoms with E-state index in [9.17, 15) is 19.7 Å². The summed E-state index contributed by atoms with van der Waals surface area (Å²) in [5.74, 6) is -0.524. The number of nitrogens with zero attached hydrogens (tertiary/aromatic N) is 2. The quantitative estimate of drug-likeness (QED) is 0.291. The molecule has 1 N–H and O–H groups in total. The molecule has 0 atom stereocenters. The van der Waals surface area contributed by atoms with Crippen LogP contribution in [0.2, 0.25) is 0 Å². The molecule has 34 heavy (non-hydrogen) atoms. The first-order valence-electron chi connectivity index (χ1n) is 10.2. The monoisotopic (exact) mass is 519 g/mol. The summed E-state index contributed by atoms with van der Waals surface area (Å²) in [6.45, 7) is 2.32. The van der Waals surface area contributed by atoms with Crippen molar-refractivity contribution >= 4 is 33.6 Å². The maximum absolute atomic E-state index is 13.9. The minimum Gasteiger partial charge on any atom is -0.490 e. The number of anilines is 1. The van der Waals surface area contributed by atoms with Gasteiger partial charge in [-0.2, -0.15) is 10.5 Å². The number of para-hydroxylation sites is 1. The van der Waals surface area contributed by atoms with Crippen molar-refractivity contribution in [2.45, 2.75) is 13.5 Å². The Morgan fingerprint density at radius 1 is 1.09 bits per heavy atom. The highest BCUT2D eigenvalue weighted by molar-refractivity contribution is 9.10. The Bertz CT molecular complexity index is 1330. The van der Waals surface area contributed by atoms with Crippen LogP contribution in [0.25, 0.3) is 6.08 Å². The lowest BCUT2D eigenvalue weighted by Gasteiger charge is -2.15. The number of hydrogen-bond donors (Lipinski definition) is 1. The maximum atomic E-state index is 13.9. The Hall–Kier alpha value is -4.14. The predicted octanol–water partition coefficient (Wildman–Crippen LogP) is 5.98. The van der Waals surface area contributed by atoms with Crippen LogP contribution >= 0.6 is 15.9 Å². The highest BCUT2D eigenvalue weighted by atomic mass is 79.9. The number of carbonyl (C=O) groups excluding carboxylic acids is 1. The molecule has 0 saturated heterocycles. The van der Waals surface area contributed by atoms with Crippen molar-refractivity contribution in [3.63, 3.8) is 0 Å². The van der Waals surface area contributed by atoms with Gasteiger partial charge in [-0.1, -0.05) is 46.3 Å². The second kappa shape index (κ2) is 11.6. The molecule has 3 aromatic carbocycles. The van der Waals surface area contributed by atoms with Crippen molar-refractivity contribution < 1.29 is 18.7 Å². The fourth-order valence-electron chi connectivity index (χ4n) is 3.01. The maximum Gasteiger partial charge on any atom is 0.266 e. The van der Waals surface area contributed by atoms with Gasteiger partial charge >= 0.3 is 0 Å². The minimum absolute atomic E-state index is 0.0240. The standard InChI is InChI=1S/C26H19BrFN3O3/c1-2-33-24-12-19(11-20(15-30)26(32)31-23-10-6-5-9-22(23)28)21(27)13-25(24)34-16-18-8-4-3-7-17(18)14-29/h3-13H,2,16H2,1H3,(H,31,32)/b20-11-. The summed E-state index contributed by atoms with van der Waals surface area (Å²) in [5, 5.41) is 21.2. The largest absolute Gasteiger partial charge is 0.490 e. The molecule has 0 saturated carbocycles. The van der Waals surface area contributed by atoms with Crippen LogP contribution < -0.4 is 14.8 Å². The summed E-state index contributed by atoms with van der Waals surface area (Å²) in [4.78, 5) is 12.5. The molecule has 6 nitrogen and oxygen atoms in total. The Morgan fingerprint density at radius 2 is 1.79 bits per heavy atom. The van der Waals surface area contributed by atoms with E-state index in [0.29, 0.717) is 33.7 Å². The fraction of sp³-hybridized carbons (Fsp3) is 0.115. The molecule has 1 amide bonds. The van der Waals surface area contributed by atoms with Crippen molar-refractivity contribution in [3.05, 3.63) is 93.2 Å². The van der Waals surface area contributed by atoms with Crippen molar-refractivity contribution in [2.75, 3.05) is 11.9 Å². The van der Waals surface area contributed by atoms with E-state index in [0.717, 1.165) is 5.56 Å². The average molecular weight is 520 g/mol. The number of rotatable bonds is 8. The van der Waals surface area contributed by atoms with E-state index in [1.807, 2.05) is 19.1 Å². The Morgan fingerprint density at radius 3 is 2.50 bits per heavy atom. The molecule has 0 bridgehead atoms. The molecule has 3 rings (SSSR count). The lowest BCUT2D eigenvalue weighted by atomic mass is 10.1. The summed E-state index contributed by atoms with van der Waals surface area (Å²) in [6.07, 6.45) is 1.37. The summed E-state index contributed by atoms with van der Waals surface area (Å²) in [7, 11) is 0. The number of hydrogen-bond acceptors (Lipinski definition) is 5. The third kappa shape index (κ3) is 6.00. The van der Waals surface area contributed by atoms with Crippen LogP contribution in [0.4, 0.5) is 10.1 Å². The highest BCUT2D eigenvalue weighted by Crippen LogP contribution is 2.35. The van der Waals surface area contributed by atoms with Gasteiger partial charge in [0.25, 0.3) is 5.91 Å². The molecule has 170 valence electrons. The molecule has 0 radical (unpaired) electrons. The smallest absolute Gasteiger partial charge is 0.266 e. The van der Waals surface area contributed by atoms with Crippen LogP contribution in [0.1, 0.15) is 23.6 Å². The number of carbonyl (C=O) groups is 1. The topological polar surface area (TPSA) is 95.1 Å². The van der Waals surface area contributed by atoms with Gasteiger partial charge in [-0.05, 0) is 48.9 Å².